The van der Waals surface area contributed by atoms with Crippen molar-refractivity contribution in [2.45, 2.75) is 38.5 Å². The number of rotatable bonds is 6. The van der Waals surface area contributed by atoms with E-state index < -0.39 is 0 Å². The second-order valence-electron chi connectivity index (χ2n) is 21.0. The van der Waals surface area contributed by atoms with Gasteiger partial charge in [0.2, 0.25) is 0 Å². The van der Waals surface area contributed by atoms with Gasteiger partial charge < -0.3 is 0 Å². The maximum Gasteiger partial charge on any atom is 0.0971 e. The van der Waals surface area contributed by atoms with Crippen LogP contribution in [0.1, 0.15) is 49.9 Å². The summed E-state index contributed by atoms with van der Waals surface area (Å²) in [6, 6.07) is 81.4. The Hall–Kier alpha value is -8.72. The molecule has 2 heteroatoms. The van der Waals surface area contributed by atoms with E-state index in [4.69, 9.17) is 9.97 Å². The van der Waals surface area contributed by atoms with Gasteiger partial charge in [-0.2, -0.15) is 0 Å². The Morgan fingerprint density at radius 3 is 0.889 bits per heavy atom. The van der Waals surface area contributed by atoms with Crippen molar-refractivity contribution in [3.05, 3.63) is 253 Å². The second-order valence-corrected chi connectivity index (χ2v) is 21.0. The van der Waals surface area contributed by atoms with E-state index >= 15 is 0 Å². The van der Waals surface area contributed by atoms with Crippen LogP contribution < -0.4 is 0 Å². The van der Waals surface area contributed by atoms with Crippen molar-refractivity contribution in [1.82, 2.24) is 9.97 Å². The molecule has 0 amide bonds. The van der Waals surface area contributed by atoms with Crippen molar-refractivity contribution >= 4 is 32.6 Å². The predicted molar refractivity (Wildman–Crippen MR) is 302 cm³/mol. The molecule has 0 N–H and O–H groups in total. The molecule has 0 saturated heterocycles. The highest BCUT2D eigenvalue weighted by atomic mass is 14.8. The fraction of sp³-hybridized carbons (Fsp3) is 0.0857. The van der Waals surface area contributed by atoms with E-state index in [0.717, 1.165) is 43.7 Å². The average Bonchev–Trinajstić information content (AvgIpc) is 3.81. The molecule has 0 aliphatic heterocycles. The van der Waals surface area contributed by atoms with Gasteiger partial charge in [-0.25, -0.2) is 0 Å². The molecule has 0 radical (unpaired) electrons. The molecule has 1 aromatic heterocycles. The first kappa shape index (κ1) is 42.2. The number of aromatic nitrogens is 2. The third-order valence-corrected chi connectivity index (χ3v) is 16.2. The smallest absolute Gasteiger partial charge is 0.0971 e. The molecule has 0 fully saturated rings. The van der Waals surface area contributed by atoms with Crippen LogP contribution in [0.2, 0.25) is 0 Å². The minimum absolute atomic E-state index is 0.0469. The van der Waals surface area contributed by atoms with E-state index in [0.29, 0.717) is 0 Å². The molecule has 0 bridgehead atoms. The van der Waals surface area contributed by atoms with Gasteiger partial charge in [0.25, 0.3) is 0 Å². The van der Waals surface area contributed by atoms with Crippen molar-refractivity contribution in [2.75, 3.05) is 0 Å². The fourth-order valence-corrected chi connectivity index (χ4v) is 12.3. The zero-order valence-electron chi connectivity index (χ0n) is 40.8. The van der Waals surface area contributed by atoms with Crippen LogP contribution in [0.4, 0.5) is 0 Å². The molecule has 14 rings (SSSR count). The van der Waals surface area contributed by atoms with Gasteiger partial charge in [0, 0.05) is 34.0 Å². The van der Waals surface area contributed by atoms with Gasteiger partial charge in [-0.05, 0) is 171 Å². The topological polar surface area (TPSA) is 25.8 Å². The Bertz CT molecular complexity index is 3950. The molecule has 11 aromatic carbocycles. The van der Waals surface area contributed by atoms with Crippen LogP contribution in [0.25, 0.3) is 122 Å². The molecule has 12 aromatic rings. The lowest BCUT2D eigenvalue weighted by molar-refractivity contribution is 0.660. The van der Waals surface area contributed by atoms with E-state index in [1.54, 1.807) is 12.4 Å². The Balaban J connectivity index is 0.812. The first-order valence-electron chi connectivity index (χ1n) is 25.2. The molecule has 1 heterocycles. The van der Waals surface area contributed by atoms with Crippen molar-refractivity contribution in [1.29, 1.82) is 0 Å². The summed E-state index contributed by atoms with van der Waals surface area (Å²) in [7, 11) is 0. The molecule has 2 aliphatic carbocycles. The standard InChI is InChI=1S/C70H50N2/c1-69(2)63-23-7-5-21-55(63)57-29-25-53(41-65(57)69)49-19-11-15-45(37-49)43-13-9-17-47(35-43)51-27-31-59-61(39-51)62-40-52(28-32-60(62)68-67(59)71-33-34-72-68)48-18-10-14-44(36-48)46-16-12-20-50(38-46)54-26-30-58-56-22-6-8-24-64(56)70(3,4)66(58)42-54/h5-42H,1-4H3. The molecule has 340 valence electrons. The summed E-state index contributed by atoms with van der Waals surface area (Å²) in [5.74, 6) is 0. The maximum atomic E-state index is 4.91. The highest BCUT2D eigenvalue weighted by molar-refractivity contribution is 6.24. The zero-order chi connectivity index (χ0) is 48.3. The quantitative estimate of drug-likeness (QED) is 0.155. The second kappa shape index (κ2) is 15.9. The van der Waals surface area contributed by atoms with Gasteiger partial charge in [-0.3, -0.25) is 9.97 Å². The van der Waals surface area contributed by atoms with E-state index in [2.05, 4.69) is 246 Å². The summed E-state index contributed by atoms with van der Waals surface area (Å²) in [5.41, 5.74) is 27.1. The number of nitrogens with zero attached hydrogens (tertiary/aromatic N) is 2. The van der Waals surface area contributed by atoms with E-state index in [9.17, 15) is 0 Å². The minimum Gasteiger partial charge on any atom is -0.252 e. The molecule has 0 atom stereocenters. The summed E-state index contributed by atoms with van der Waals surface area (Å²) in [6.07, 6.45) is 3.61. The highest BCUT2D eigenvalue weighted by Crippen LogP contribution is 2.51. The third-order valence-electron chi connectivity index (χ3n) is 16.2. The van der Waals surface area contributed by atoms with E-state index in [1.165, 1.54) is 100 Å². The van der Waals surface area contributed by atoms with Crippen molar-refractivity contribution in [3.8, 4) is 89.0 Å². The molecule has 2 aliphatic rings. The van der Waals surface area contributed by atoms with Gasteiger partial charge in [0.1, 0.15) is 0 Å². The Kier molecular flexibility index (Phi) is 9.32. The van der Waals surface area contributed by atoms with Crippen LogP contribution in [0.15, 0.2) is 231 Å². The molecular weight excluding hydrogens is 869 g/mol. The average molecular weight is 919 g/mol. The normalized spacial score (nSPS) is 13.8. The van der Waals surface area contributed by atoms with Crippen molar-refractivity contribution in [2.24, 2.45) is 0 Å². The van der Waals surface area contributed by atoms with Gasteiger partial charge in [-0.1, -0.05) is 198 Å². The summed E-state index contributed by atoms with van der Waals surface area (Å²) in [5, 5.41) is 4.52. The molecule has 72 heavy (non-hydrogen) atoms. The van der Waals surface area contributed by atoms with Crippen LogP contribution in [0.3, 0.4) is 0 Å². The predicted octanol–water partition coefficient (Wildman–Crippen LogP) is 18.6. The molecule has 0 saturated carbocycles. The monoisotopic (exact) mass is 918 g/mol. The first-order valence-corrected chi connectivity index (χ1v) is 25.2. The molecule has 0 spiro atoms. The largest absolute Gasteiger partial charge is 0.252 e. The Morgan fingerprint density at radius 1 is 0.236 bits per heavy atom. The summed E-state index contributed by atoms with van der Waals surface area (Å²) in [4.78, 5) is 9.82. The summed E-state index contributed by atoms with van der Waals surface area (Å²) < 4.78 is 0. The van der Waals surface area contributed by atoms with Crippen LogP contribution in [-0.2, 0) is 10.8 Å². The van der Waals surface area contributed by atoms with Gasteiger partial charge >= 0.3 is 0 Å². The van der Waals surface area contributed by atoms with E-state index in [1.807, 2.05) is 0 Å². The van der Waals surface area contributed by atoms with Crippen LogP contribution in [-0.4, -0.2) is 9.97 Å². The van der Waals surface area contributed by atoms with Crippen LogP contribution in [0.5, 0.6) is 0 Å². The molecular formula is C70H50N2. The van der Waals surface area contributed by atoms with E-state index in [-0.39, 0.29) is 10.8 Å². The molecule has 0 unspecified atom stereocenters. The summed E-state index contributed by atoms with van der Waals surface area (Å²) in [6.45, 7) is 9.40. The van der Waals surface area contributed by atoms with Gasteiger partial charge in [0.05, 0.1) is 11.0 Å². The SMILES string of the molecule is CC1(C)c2ccccc2-c2ccc(-c3cccc(-c4cccc(-c5ccc6c(c5)c5cc(-c7cccc(-c8cccc(-c9ccc%10c(c9)C(C)(C)c9ccccc9-%10)c8)c7)ccc5c5nccnc65)c4)c3)cc21. The van der Waals surface area contributed by atoms with Crippen LogP contribution in [0, 0.1) is 0 Å². The maximum absolute atomic E-state index is 4.91. The first-order chi connectivity index (χ1) is 35.2. The van der Waals surface area contributed by atoms with Gasteiger partial charge in [-0.15, -0.1) is 0 Å². The lowest BCUT2D eigenvalue weighted by Crippen LogP contribution is -2.14. The Labute approximate surface area is 421 Å². The minimum atomic E-state index is -0.0469. The van der Waals surface area contributed by atoms with Crippen molar-refractivity contribution in [3.63, 3.8) is 0 Å². The number of hydrogen-bond donors (Lipinski definition) is 0. The summed E-state index contributed by atoms with van der Waals surface area (Å²) >= 11 is 0. The fourth-order valence-electron chi connectivity index (χ4n) is 12.3. The number of hydrogen-bond acceptors (Lipinski definition) is 2. The molecule has 2 nitrogen and oxygen atoms in total. The number of fused-ring (bicyclic) bond motifs is 12. The van der Waals surface area contributed by atoms with Gasteiger partial charge in [0.15, 0.2) is 0 Å². The highest BCUT2D eigenvalue weighted by Gasteiger charge is 2.36. The third kappa shape index (κ3) is 6.56. The Morgan fingerprint density at radius 2 is 0.528 bits per heavy atom. The zero-order valence-corrected chi connectivity index (χ0v) is 40.8. The lowest BCUT2D eigenvalue weighted by Gasteiger charge is -2.22. The van der Waals surface area contributed by atoms with Crippen molar-refractivity contribution < 1.29 is 0 Å². The van der Waals surface area contributed by atoms with Crippen LogP contribution >= 0.6 is 0 Å². The number of benzene rings is 11. The lowest BCUT2D eigenvalue weighted by atomic mass is 9.81.